The zero-order chi connectivity index (χ0) is 17.8. The van der Waals surface area contributed by atoms with Gasteiger partial charge in [-0.1, -0.05) is 24.6 Å². The average Bonchev–Trinajstić information content (AvgIpc) is 3.32. The highest BCUT2D eigenvalue weighted by Gasteiger charge is 2.21. The number of Topliss-reactive ketones (excluding diaryl/α,β-unsaturated/α-hetero) is 1. The van der Waals surface area contributed by atoms with E-state index in [1.807, 2.05) is 19.9 Å². The Hall–Kier alpha value is -1.60. The van der Waals surface area contributed by atoms with Crippen LogP contribution in [0.1, 0.15) is 59.2 Å². The molecule has 136 valence electrons. The Morgan fingerprint density at radius 3 is 2.88 bits per heavy atom. The van der Waals surface area contributed by atoms with Crippen LogP contribution in [0.3, 0.4) is 0 Å². The Kier molecular flexibility index (Phi) is 5.96. The summed E-state index contributed by atoms with van der Waals surface area (Å²) in [6.45, 7) is 5.42. The Morgan fingerprint density at radius 1 is 1.40 bits per heavy atom. The zero-order valence-electron chi connectivity index (χ0n) is 15.2. The highest BCUT2D eigenvalue weighted by Crippen LogP contribution is 2.32. The van der Waals surface area contributed by atoms with Crippen LogP contribution in [-0.4, -0.2) is 45.0 Å². The number of carbonyl (C=O) groups excluding carboxylic acids is 1. The predicted molar refractivity (Wildman–Crippen MR) is 98.4 cm³/mol. The summed E-state index contributed by atoms with van der Waals surface area (Å²) in [5.74, 6) is 1.97. The number of ether oxygens (including phenoxy) is 1. The minimum absolute atomic E-state index is 0.119. The zero-order valence-corrected chi connectivity index (χ0v) is 16.0. The van der Waals surface area contributed by atoms with Gasteiger partial charge in [-0.25, -0.2) is 4.98 Å². The lowest BCUT2D eigenvalue weighted by Crippen LogP contribution is -2.09. The van der Waals surface area contributed by atoms with Crippen molar-refractivity contribution in [2.75, 3.05) is 19.5 Å². The van der Waals surface area contributed by atoms with E-state index < -0.39 is 0 Å². The van der Waals surface area contributed by atoms with E-state index in [9.17, 15) is 4.79 Å². The van der Waals surface area contributed by atoms with Gasteiger partial charge in [-0.2, -0.15) is 0 Å². The maximum Gasteiger partial charge on any atom is 0.208 e. The summed E-state index contributed by atoms with van der Waals surface area (Å²) < 4.78 is 7.28. The summed E-state index contributed by atoms with van der Waals surface area (Å²) in [5, 5.41) is 7.98. The topological polar surface area (TPSA) is 72.8 Å². The summed E-state index contributed by atoms with van der Waals surface area (Å²) in [4.78, 5) is 17.2. The van der Waals surface area contributed by atoms with Crippen molar-refractivity contribution in [2.45, 2.75) is 57.1 Å². The van der Waals surface area contributed by atoms with Gasteiger partial charge in [0, 0.05) is 36.5 Å². The van der Waals surface area contributed by atoms with Crippen molar-refractivity contribution in [3.63, 3.8) is 0 Å². The quantitative estimate of drug-likeness (QED) is 0.575. The third kappa shape index (κ3) is 4.15. The molecule has 0 atom stereocenters. The third-order valence-electron chi connectivity index (χ3n) is 4.95. The lowest BCUT2D eigenvalue weighted by atomic mass is 10.1. The number of thioether (sulfide) groups is 1. The number of H-pyrrole nitrogens is 1. The van der Waals surface area contributed by atoms with E-state index in [1.165, 1.54) is 37.4 Å². The van der Waals surface area contributed by atoms with Crippen LogP contribution < -0.4 is 0 Å². The lowest BCUT2D eigenvalue weighted by Gasteiger charge is -2.08. The number of methoxy groups -OCH3 is 1. The molecule has 2 aromatic heterocycles. The van der Waals surface area contributed by atoms with E-state index in [0.29, 0.717) is 23.4 Å². The van der Waals surface area contributed by atoms with Crippen molar-refractivity contribution in [3.05, 3.63) is 28.8 Å². The third-order valence-corrected chi connectivity index (χ3v) is 5.80. The Bertz CT molecular complexity index is 732. The molecule has 6 nitrogen and oxygen atoms in total. The van der Waals surface area contributed by atoms with E-state index in [1.54, 1.807) is 7.11 Å². The number of nitrogens with zero attached hydrogens (tertiary/aromatic N) is 3. The molecule has 25 heavy (non-hydrogen) atoms. The second-order valence-corrected chi connectivity index (χ2v) is 7.57. The maximum absolute atomic E-state index is 12.6. The van der Waals surface area contributed by atoms with Crippen LogP contribution in [0.15, 0.2) is 11.2 Å². The highest BCUT2D eigenvalue weighted by atomic mass is 32.2. The van der Waals surface area contributed by atoms with Gasteiger partial charge in [-0.05, 0) is 32.8 Å². The number of nitrogens with one attached hydrogen (secondary N) is 1. The Balaban J connectivity index is 1.61. The van der Waals surface area contributed by atoms with E-state index in [2.05, 4.69) is 19.7 Å². The maximum atomic E-state index is 12.6. The van der Waals surface area contributed by atoms with E-state index in [0.717, 1.165) is 29.3 Å². The first-order valence-electron chi connectivity index (χ1n) is 8.84. The van der Waals surface area contributed by atoms with Crippen LogP contribution in [-0.2, 0) is 11.3 Å². The van der Waals surface area contributed by atoms with Crippen molar-refractivity contribution < 1.29 is 9.53 Å². The summed E-state index contributed by atoms with van der Waals surface area (Å²) in [5.41, 5.74) is 2.87. The van der Waals surface area contributed by atoms with Gasteiger partial charge in [0.1, 0.15) is 5.82 Å². The van der Waals surface area contributed by atoms with Crippen LogP contribution in [0.25, 0.3) is 0 Å². The van der Waals surface area contributed by atoms with Crippen molar-refractivity contribution in [3.8, 4) is 0 Å². The molecule has 0 aromatic carbocycles. The van der Waals surface area contributed by atoms with E-state index in [4.69, 9.17) is 4.74 Å². The Morgan fingerprint density at radius 2 is 2.16 bits per heavy atom. The van der Waals surface area contributed by atoms with Crippen LogP contribution in [0.2, 0.25) is 0 Å². The van der Waals surface area contributed by atoms with Crippen molar-refractivity contribution in [1.82, 2.24) is 19.7 Å². The smallest absolute Gasteiger partial charge is 0.208 e. The number of hydrogen-bond donors (Lipinski definition) is 1. The van der Waals surface area contributed by atoms with Crippen LogP contribution >= 0.6 is 11.8 Å². The van der Waals surface area contributed by atoms with Crippen LogP contribution in [0.4, 0.5) is 0 Å². The molecule has 0 bridgehead atoms. The van der Waals surface area contributed by atoms with Gasteiger partial charge >= 0.3 is 0 Å². The molecule has 2 aromatic rings. The minimum Gasteiger partial charge on any atom is -0.383 e. The molecule has 1 aliphatic carbocycles. The van der Waals surface area contributed by atoms with Crippen LogP contribution in [0.5, 0.6) is 0 Å². The molecule has 0 saturated heterocycles. The fourth-order valence-electron chi connectivity index (χ4n) is 3.52. The molecule has 0 spiro atoms. The molecule has 0 radical (unpaired) electrons. The number of rotatable bonds is 8. The second-order valence-electron chi connectivity index (χ2n) is 6.63. The molecule has 7 heteroatoms. The monoisotopic (exact) mass is 362 g/mol. The normalized spacial score (nSPS) is 15.2. The van der Waals surface area contributed by atoms with E-state index >= 15 is 0 Å². The van der Waals surface area contributed by atoms with Gasteiger partial charge in [0.15, 0.2) is 5.78 Å². The van der Waals surface area contributed by atoms with Crippen LogP contribution in [0, 0.1) is 13.8 Å². The van der Waals surface area contributed by atoms with Crippen molar-refractivity contribution in [1.29, 1.82) is 0 Å². The minimum atomic E-state index is 0.119. The fraction of sp³-hybridized carbons (Fsp3) is 0.611. The lowest BCUT2D eigenvalue weighted by molar-refractivity contribution is 0.102. The first-order chi connectivity index (χ1) is 12.1. The molecule has 0 amide bonds. The summed E-state index contributed by atoms with van der Waals surface area (Å²) in [6.07, 6.45) is 4.91. The molecule has 1 N–H and O–H groups in total. The number of aromatic amines is 1. The fourth-order valence-corrected chi connectivity index (χ4v) is 4.21. The molecular weight excluding hydrogens is 336 g/mol. The first kappa shape index (κ1) is 18.2. The number of hydrogen-bond acceptors (Lipinski definition) is 5. The standard InChI is InChI=1S/C18H26N4O2S/c1-12-10-15(13(2)22(12)8-9-24-3)16(23)11-25-18-19-17(20-21-18)14-6-4-5-7-14/h10,14H,4-9,11H2,1-3H3,(H,19,20,21). The number of carbonyl (C=O) groups is 1. The molecule has 1 fully saturated rings. The molecule has 3 rings (SSSR count). The SMILES string of the molecule is COCCn1c(C)cc(C(=O)CSc2n[nH]c(C3CCCC3)n2)c1C. The molecular formula is C18H26N4O2S. The number of aryl methyl sites for hydroxylation is 1. The molecule has 1 saturated carbocycles. The number of ketones is 1. The summed E-state index contributed by atoms with van der Waals surface area (Å²) in [6, 6.07) is 1.97. The molecule has 0 aliphatic heterocycles. The highest BCUT2D eigenvalue weighted by molar-refractivity contribution is 7.99. The number of aromatic nitrogens is 4. The van der Waals surface area contributed by atoms with Gasteiger partial charge in [0.2, 0.25) is 5.16 Å². The Labute approximate surface area is 152 Å². The van der Waals surface area contributed by atoms with Crippen molar-refractivity contribution in [2.24, 2.45) is 0 Å². The average molecular weight is 362 g/mol. The van der Waals surface area contributed by atoms with Gasteiger partial charge in [0.05, 0.1) is 12.4 Å². The van der Waals surface area contributed by atoms with Gasteiger partial charge in [-0.3, -0.25) is 9.89 Å². The molecule has 0 unspecified atom stereocenters. The van der Waals surface area contributed by atoms with Gasteiger partial charge < -0.3 is 9.30 Å². The predicted octanol–water partition coefficient (Wildman–Crippen LogP) is 3.50. The van der Waals surface area contributed by atoms with Gasteiger partial charge in [-0.15, -0.1) is 5.10 Å². The van der Waals surface area contributed by atoms with Crippen molar-refractivity contribution >= 4 is 17.5 Å². The second kappa shape index (κ2) is 8.19. The summed E-state index contributed by atoms with van der Waals surface area (Å²) >= 11 is 1.41. The largest absolute Gasteiger partial charge is 0.383 e. The van der Waals surface area contributed by atoms with E-state index in [-0.39, 0.29) is 5.78 Å². The molecule has 1 aliphatic rings. The van der Waals surface area contributed by atoms with Gasteiger partial charge in [0.25, 0.3) is 0 Å². The first-order valence-corrected chi connectivity index (χ1v) is 9.82. The molecule has 2 heterocycles. The summed E-state index contributed by atoms with van der Waals surface area (Å²) in [7, 11) is 1.69.